The summed E-state index contributed by atoms with van der Waals surface area (Å²) in [5, 5.41) is 3.04. The van der Waals surface area contributed by atoms with Gasteiger partial charge in [0.1, 0.15) is 5.75 Å². The van der Waals surface area contributed by atoms with Crippen molar-refractivity contribution in [2.75, 3.05) is 7.11 Å². The van der Waals surface area contributed by atoms with E-state index in [9.17, 15) is 4.79 Å². The van der Waals surface area contributed by atoms with Crippen molar-refractivity contribution in [1.82, 2.24) is 5.32 Å². The normalized spacial score (nSPS) is 22.7. The number of rotatable bonds is 4. The first kappa shape index (κ1) is 12.7. The molecule has 1 aliphatic rings. The van der Waals surface area contributed by atoms with E-state index in [2.05, 4.69) is 18.0 Å². The summed E-state index contributed by atoms with van der Waals surface area (Å²) in [5.74, 6) is 1.08. The smallest absolute Gasteiger partial charge is 0.223 e. The molecule has 0 bridgehead atoms. The largest absolute Gasteiger partial charge is 0.496 e. The third-order valence-electron chi connectivity index (χ3n) is 3.48. The molecule has 1 fully saturated rings. The molecule has 2 rings (SSSR count). The molecule has 96 valence electrons. The molecule has 0 unspecified atom stereocenters. The predicted molar refractivity (Wildman–Crippen MR) is 71.5 cm³/mol. The first-order valence-electron chi connectivity index (χ1n) is 6.21. The van der Waals surface area contributed by atoms with Crippen LogP contribution in [0.15, 0.2) is 30.9 Å². The summed E-state index contributed by atoms with van der Waals surface area (Å²) in [6.45, 7) is 5.71. The number of allylic oxidation sites excluding steroid dienone is 1. The molecule has 1 amide bonds. The fourth-order valence-corrected chi connectivity index (χ4v) is 2.48. The minimum absolute atomic E-state index is 0.0647. The zero-order chi connectivity index (χ0) is 13.1. The van der Waals surface area contributed by atoms with Crippen LogP contribution in [0, 0.1) is 12.8 Å². The number of ether oxygens (including phenoxy) is 1. The van der Waals surface area contributed by atoms with E-state index in [4.69, 9.17) is 4.74 Å². The van der Waals surface area contributed by atoms with Gasteiger partial charge in [-0.3, -0.25) is 4.79 Å². The Morgan fingerprint density at radius 1 is 1.56 bits per heavy atom. The van der Waals surface area contributed by atoms with Crippen molar-refractivity contribution < 1.29 is 9.53 Å². The lowest BCUT2D eigenvalue weighted by atomic mass is 9.96. The van der Waals surface area contributed by atoms with Gasteiger partial charge in [-0.1, -0.05) is 18.2 Å². The number of carbonyl (C=O) groups is 1. The summed E-state index contributed by atoms with van der Waals surface area (Å²) in [5.41, 5.74) is 2.24. The highest BCUT2D eigenvalue weighted by Gasteiger charge is 2.31. The van der Waals surface area contributed by atoms with Crippen LogP contribution in [0.1, 0.15) is 30.0 Å². The van der Waals surface area contributed by atoms with Crippen molar-refractivity contribution in [3.63, 3.8) is 0 Å². The molecule has 0 radical (unpaired) electrons. The molecule has 1 aliphatic heterocycles. The van der Waals surface area contributed by atoms with E-state index in [-0.39, 0.29) is 17.9 Å². The molecular formula is C15H19NO2. The molecule has 0 saturated carbocycles. The second kappa shape index (κ2) is 5.25. The van der Waals surface area contributed by atoms with E-state index in [1.807, 2.05) is 25.1 Å². The van der Waals surface area contributed by atoms with Crippen LogP contribution in [0.5, 0.6) is 5.75 Å². The van der Waals surface area contributed by atoms with Gasteiger partial charge in [0.15, 0.2) is 0 Å². The highest BCUT2D eigenvalue weighted by molar-refractivity contribution is 5.81. The predicted octanol–water partition coefficient (Wildman–Crippen LogP) is 2.76. The molecule has 1 N–H and O–H groups in total. The average Bonchev–Trinajstić information content (AvgIpc) is 2.71. The molecule has 1 heterocycles. The zero-order valence-electron chi connectivity index (χ0n) is 10.9. The number of hydrogen-bond acceptors (Lipinski definition) is 2. The lowest BCUT2D eigenvalue weighted by molar-refractivity contribution is -0.122. The van der Waals surface area contributed by atoms with Gasteiger partial charge in [-0.15, -0.1) is 6.58 Å². The second-order valence-electron chi connectivity index (χ2n) is 4.75. The topological polar surface area (TPSA) is 38.3 Å². The monoisotopic (exact) mass is 245 g/mol. The van der Waals surface area contributed by atoms with Crippen LogP contribution in [-0.2, 0) is 4.79 Å². The maximum absolute atomic E-state index is 11.8. The fourth-order valence-electron chi connectivity index (χ4n) is 2.48. The highest BCUT2D eigenvalue weighted by atomic mass is 16.5. The summed E-state index contributed by atoms with van der Waals surface area (Å²) < 4.78 is 5.24. The minimum Gasteiger partial charge on any atom is -0.496 e. The minimum atomic E-state index is 0.0647. The quantitative estimate of drug-likeness (QED) is 0.828. The number of benzene rings is 1. The third-order valence-corrected chi connectivity index (χ3v) is 3.48. The number of amides is 1. The van der Waals surface area contributed by atoms with E-state index >= 15 is 0 Å². The van der Waals surface area contributed by atoms with Crippen molar-refractivity contribution in [3.05, 3.63) is 42.0 Å². The molecule has 0 aromatic heterocycles. The van der Waals surface area contributed by atoms with Crippen molar-refractivity contribution in [2.24, 2.45) is 5.92 Å². The molecule has 1 aromatic rings. The van der Waals surface area contributed by atoms with Crippen LogP contribution in [-0.4, -0.2) is 13.0 Å². The van der Waals surface area contributed by atoms with Gasteiger partial charge in [-0.2, -0.15) is 0 Å². The molecule has 1 saturated heterocycles. The van der Waals surface area contributed by atoms with Gasteiger partial charge in [-0.05, 0) is 37.0 Å². The van der Waals surface area contributed by atoms with Gasteiger partial charge in [0.05, 0.1) is 13.2 Å². The number of nitrogens with one attached hydrogen (secondary N) is 1. The molecule has 0 aliphatic carbocycles. The van der Waals surface area contributed by atoms with E-state index in [0.29, 0.717) is 0 Å². The van der Waals surface area contributed by atoms with Crippen LogP contribution < -0.4 is 10.1 Å². The molecule has 2 atom stereocenters. The summed E-state index contributed by atoms with van der Waals surface area (Å²) in [6, 6.07) is 6.18. The average molecular weight is 245 g/mol. The Bertz CT molecular complexity index is 468. The highest BCUT2D eigenvalue weighted by Crippen LogP contribution is 2.32. The maximum Gasteiger partial charge on any atom is 0.223 e. The third kappa shape index (κ3) is 2.40. The van der Waals surface area contributed by atoms with Gasteiger partial charge in [0.2, 0.25) is 5.91 Å². The number of aryl methyl sites for hydroxylation is 1. The molecule has 1 aromatic carbocycles. The van der Waals surface area contributed by atoms with Crippen LogP contribution in [0.2, 0.25) is 0 Å². The number of carbonyl (C=O) groups excluding carboxylic acids is 1. The Morgan fingerprint density at radius 3 is 2.94 bits per heavy atom. The fraction of sp³-hybridized carbons (Fsp3) is 0.400. The van der Waals surface area contributed by atoms with Crippen molar-refractivity contribution in [3.8, 4) is 5.75 Å². The van der Waals surface area contributed by atoms with Gasteiger partial charge in [-0.25, -0.2) is 0 Å². The Hall–Kier alpha value is -1.77. The summed E-state index contributed by atoms with van der Waals surface area (Å²) in [4.78, 5) is 11.8. The lowest BCUT2D eigenvalue weighted by Gasteiger charge is -2.13. The Morgan fingerprint density at radius 2 is 2.33 bits per heavy atom. The molecule has 18 heavy (non-hydrogen) atoms. The van der Waals surface area contributed by atoms with E-state index in [0.717, 1.165) is 29.7 Å². The van der Waals surface area contributed by atoms with Crippen LogP contribution >= 0.6 is 0 Å². The molecule has 3 nitrogen and oxygen atoms in total. The van der Waals surface area contributed by atoms with E-state index in [1.54, 1.807) is 7.11 Å². The maximum atomic E-state index is 11.8. The summed E-state index contributed by atoms with van der Waals surface area (Å²) in [7, 11) is 1.67. The molecule has 3 heteroatoms. The van der Waals surface area contributed by atoms with Gasteiger partial charge >= 0.3 is 0 Å². The number of methoxy groups -OCH3 is 1. The van der Waals surface area contributed by atoms with Crippen LogP contribution in [0.25, 0.3) is 0 Å². The Kier molecular flexibility index (Phi) is 3.70. The Labute approximate surface area is 108 Å². The summed E-state index contributed by atoms with van der Waals surface area (Å²) in [6.07, 6.45) is 3.40. The van der Waals surface area contributed by atoms with Gasteiger partial charge in [0.25, 0.3) is 0 Å². The molecular weight excluding hydrogens is 226 g/mol. The van der Waals surface area contributed by atoms with Crippen LogP contribution in [0.4, 0.5) is 0 Å². The van der Waals surface area contributed by atoms with Crippen molar-refractivity contribution in [2.45, 2.75) is 25.8 Å². The first-order valence-corrected chi connectivity index (χ1v) is 6.21. The standard InChI is InChI=1S/C15H19NO2/c1-4-5-12-9-13(16-15(12)17)11-6-7-14(18-3)10(2)8-11/h4,6-8,12-13H,1,5,9H2,2-3H3,(H,16,17)/t12-,13+/m1/s1. The second-order valence-corrected chi connectivity index (χ2v) is 4.75. The SMILES string of the molecule is C=CC[C@@H]1C[C@@H](c2ccc(OC)c(C)c2)NC1=O. The number of hydrogen-bond donors (Lipinski definition) is 1. The van der Waals surface area contributed by atoms with Gasteiger partial charge < -0.3 is 10.1 Å². The Balaban J connectivity index is 2.16. The van der Waals surface area contributed by atoms with E-state index < -0.39 is 0 Å². The summed E-state index contributed by atoms with van der Waals surface area (Å²) >= 11 is 0. The molecule has 0 spiro atoms. The first-order chi connectivity index (χ1) is 8.65. The van der Waals surface area contributed by atoms with Crippen LogP contribution in [0.3, 0.4) is 0 Å². The van der Waals surface area contributed by atoms with Crippen molar-refractivity contribution in [1.29, 1.82) is 0 Å². The lowest BCUT2D eigenvalue weighted by Crippen LogP contribution is -2.21. The van der Waals surface area contributed by atoms with Gasteiger partial charge in [0, 0.05) is 5.92 Å². The van der Waals surface area contributed by atoms with E-state index in [1.165, 1.54) is 0 Å². The zero-order valence-corrected chi connectivity index (χ0v) is 10.9. The van der Waals surface area contributed by atoms with Crippen molar-refractivity contribution >= 4 is 5.91 Å².